The van der Waals surface area contributed by atoms with E-state index in [0.717, 1.165) is 12.8 Å². The molecule has 0 spiro atoms. The highest BCUT2D eigenvalue weighted by Crippen LogP contribution is 2.27. The lowest BCUT2D eigenvalue weighted by atomic mass is 10.0. The summed E-state index contributed by atoms with van der Waals surface area (Å²) in [5, 5.41) is 0.842. The fourth-order valence-corrected chi connectivity index (χ4v) is 3.04. The van der Waals surface area contributed by atoms with E-state index >= 15 is 0 Å². The van der Waals surface area contributed by atoms with Gasteiger partial charge in [-0.1, -0.05) is 23.2 Å². The molecule has 4 nitrogen and oxygen atoms in total. The number of amides is 1. The first-order valence-corrected chi connectivity index (χ1v) is 8.41. The Balaban J connectivity index is 2.07. The quantitative estimate of drug-likeness (QED) is 0.717. The molecular weight excluding hydrogens is 337 g/mol. The summed E-state index contributed by atoms with van der Waals surface area (Å²) in [5.74, 6) is -0.113. The standard InChI is InChI=1S/C17H21Cl2NO3/c1-17(2,3)23-16(22)20-8-4-5-12(20)10-15(21)13-9-11(18)6-7-14(13)19/h6-7,9,12H,4-5,8,10H2,1-3H3. The molecule has 0 aliphatic carbocycles. The van der Waals surface area contributed by atoms with E-state index in [4.69, 9.17) is 27.9 Å². The van der Waals surface area contributed by atoms with E-state index in [9.17, 15) is 9.59 Å². The van der Waals surface area contributed by atoms with Gasteiger partial charge in [0.05, 0.1) is 5.02 Å². The zero-order valence-electron chi connectivity index (χ0n) is 13.6. The SMILES string of the molecule is CC(C)(C)OC(=O)N1CCCC1CC(=O)c1cc(Cl)ccc1Cl. The Morgan fingerprint density at radius 3 is 2.65 bits per heavy atom. The summed E-state index contributed by atoms with van der Waals surface area (Å²) in [7, 11) is 0. The number of carbonyl (C=O) groups excluding carboxylic acids is 2. The normalized spacial score (nSPS) is 18.1. The van der Waals surface area contributed by atoms with Crippen LogP contribution in [0.3, 0.4) is 0 Å². The molecule has 6 heteroatoms. The number of likely N-dealkylation sites (tertiary alicyclic amines) is 1. The van der Waals surface area contributed by atoms with E-state index in [0.29, 0.717) is 22.2 Å². The summed E-state index contributed by atoms with van der Waals surface area (Å²) in [4.78, 5) is 26.4. The van der Waals surface area contributed by atoms with Gasteiger partial charge in [-0.25, -0.2) is 4.79 Å². The number of rotatable bonds is 3. The number of Topliss-reactive ketones (excluding diaryl/α,β-unsaturated/α-hetero) is 1. The number of halogens is 2. The van der Waals surface area contributed by atoms with Gasteiger partial charge < -0.3 is 9.64 Å². The Morgan fingerprint density at radius 1 is 1.30 bits per heavy atom. The molecule has 1 aromatic rings. The van der Waals surface area contributed by atoms with Crippen molar-refractivity contribution in [3.8, 4) is 0 Å². The average molecular weight is 358 g/mol. The summed E-state index contributed by atoms with van der Waals surface area (Å²) in [6.07, 6.45) is 1.49. The Bertz CT molecular complexity index is 610. The molecule has 1 aliphatic rings. The number of benzene rings is 1. The molecule has 1 amide bonds. The molecular formula is C17H21Cl2NO3. The minimum Gasteiger partial charge on any atom is -0.444 e. The maximum Gasteiger partial charge on any atom is 0.410 e. The molecule has 1 heterocycles. The average Bonchev–Trinajstić information content (AvgIpc) is 2.87. The van der Waals surface area contributed by atoms with Crippen molar-refractivity contribution in [3.63, 3.8) is 0 Å². The third-order valence-corrected chi connectivity index (χ3v) is 4.22. The van der Waals surface area contributed by atoms with E-state index in [-0.39, 0.29) is 24.3 Å². The number of ether oxygens (including phenoxy) is 1. The van der Waals surface area contributed by atoms with E-state index < -0.39 is 5.60 Å². The second-order valence-corrected chi connectivity index (χ2v) is 7.56. The Kier molecular flexibility index (Phi) is 5.58. The van der Waals surface area contributed by atoms with Crippen molar-refractivity contribution in [1.29, 1.82) is 0 Å². The second kappa shape index (κ2) is 7.10. The smallest absolute Gasteiger partial charge is 0.410 e. The molecule has 1 unspecified atom stereocenters. The maximum atomic E-state index is 12.5. The van der Waals surface area contributed by atoms with Gasteiger partial charge >= 0.3 is 6.09 Å². The highest BCUT2D eigenvalue weighted by molar-refractivity contribution is 6.35. The van der Waals surface area contributed by atoms with Crippen molar-refractivity contribution >= 4 is 35.1 Å². The predicted molar refractivity (Wildman–Crippen MR) is 91.4 cm³/mol. The molecule has 0 aromatic heterocycles. The highest BCUT2D eigenvalue weighted by Gasteiger charge is 2.33. The summed E-state index contributed by atoms with van der Waals surface area (Å²) in [5.41, 5.74) is -0.153. The van der Waals surface area contributed by atoms with Crippen LogP contribution in [0.2, 0.25) is 10.0 Å². The predicted octanol–water partition coefficient (Wildman–Crippen LogP) is 4.97. The molecule has 0 bridgehead atoms. The van der Waals surface area contributed by atoms with Crippen molar-refractivity contribution < 1.29 is 14.3 Å². The van der Waals surface area contributed by atoms with E-state index in [1.54, 1.807) is 23.1 Å². The highest BCUT2D eigenvalue weighted by atomic mass is 35.5. The van der Waals surface area contributed by atoms with E-state index in [1.807, 2.05) is 20.8 Å². The molecule has 1 saturated heterocycles. The Morgan fingerprint density at radius 2 is 2.00 bits per heavy atom. The number of ketones is 1. The van der Waals surface area contributed by atoms with Crippen LogP contribution in [0.4, 0.5) is 4.79 Å². The summed E-state index contributed by atoms with van der Waals surface area (Å²) in [6, 6.07) is 4.66. The van der Waals surface area contributed by atoms with Crippen molar-refractivity contribution in [2.45, 2.75) is 51.7 Å². The Hall–Kier alpha value is -1.26. The molecule has 1 aromatic carbocycles. The first-order valence-electron chi connectivity index (χ1n) is 7.65. The van der Waals surface area contributed by atoms with Crippen LogP contribution >= 0.6 is 23.2 Å². The second-order valence-electron chi connectivity index (χ2n) is 6.72. The number of hydrogen-bond donors (Lipinski definition) is 0. The molecule has 1 atom stereocenters. The van der Waals surface area contributed by atoms with Gasteiger partial charge in [-0.2, -0.15) is 0 Å². The molecule has 1 aliphatic heterocycles. The van der Waals surface area contributed by atoms with Crippen LogP contribution in [-0.4, -0.2) is 35.0 Å². The molecule has 1 fully saturated rings. The lowest BCUT2D eigenvalue weighted by molar-refractivity contribution is 0.0223. The maximum absolute atomic E-state index is 12.5. The summed E-state index contributed by atoms with van der Waals surface area (Å²) < 4.78 is 5.41. The van der Waals surface area contributed by atoms with Gasteiger partial charge in [0, 0.05) is 29.6 Å². The molecule has 0 radical (unpaired) electrons. The molecule has 126 valence electrons. The molecule has 0 N–H and O–H groups in total. The molecule has 0 saturated carbocycles. The lowest BCUT2D eigenvalue weighted by Crippen LogP contribution is -2.40. The number of hydrogen-bond acceptors (Lipinski definition) is 3. The minimum atomic E-state index is -0.551. The van der Waals surface area contributed by atoms with Gasteiger partial charge in [0.25, 0.3) is 0 Å². The minimum absolute atomic E-state index is 0.113. The van der Waals surface area contributed by atoms with Crippen LogP contribution in [0.25, 0.3) is 0 Å². The number of nitrogens with zero attached hydrogens (tertiary/aromatic N) is 1. The van der Waals surface area contributed by atoms with Crippen LogP contribution in [0.15, 0.2) is 18.2 Å². The first-order chi connectivity index (χ1) is 10.7. The van der Waals surface area contributed by atoms with E-state index in [1.165, 1.54) is 0 Å². The van der Waals surface area contributed by atoms with Gasteiger partial charge in [-0.3, -0.25) is 4.79 Å². The third kappa shape index (κ3) is 4.85. The first kappa shape index (κ1) is 18.1. The van der Waals surface area contributed by atoms with Crippen molar-refractivity contribution in [2.24, 2.45) is 0 Å². The van der Waals surface area contributed by atoms with Gasteiger partial charge in [-0.15, -0.1) is 0 Å². The van der Waals surface area contributed by atoms with Crippen molar-refractivity contribution in [1.82, 2.24) is 4.90 Å². The zero-order valence-corrected chi connectivity index (χ0v) is 15.1. The topological polar surface area (TPSA) is 46.6 Å². The molecule has 23 heavy (non-hydrogen) atoms. The van der Waals surface area contributed by atoms with Gasteiger partial charge in [-0.05, 0) is 51.8 Å². The van der Waals surface area contributed by atoms with Crippen LogP contribution in [0, 0.1) is 0 Å². The lowest BCUT2D eigenvalue weighted by Gasteiger charge is -2.28. The monoisotopic (exact) mass is 357 g/mol. The van der Waals surface area contributed by atoms with Crippen LogP contribution in [0.1, 0.15) is 50.4 Å². The largest absolute Gasteiger partial charge is 0.444 e. The number of carbonyl (C=O) groups is 2. The van der Waals surface area contributed by atoms with Gasteiger partial charge in [0.2, 0.25) is 0 Å². The van der Waals surface area contributed by atoms with Gasteiger partial charge in [0.1, 0.15) is 5.60 Å². The fourth-order valence-electron chi connectivity index (χ4n) is 2.64. The van der Waals surface area contributed by atoms with Crippen molar-refractivity contribution in [3.05, 3.63) is 33.8 Å². The van der Waals surface area contributed by atoms with Crippen molar-refractivity contribution in [2.75, 3.05) is 6.54 Å². The third-order valence-electron chi connectivity index (χ3n) is 3.65. The van der Waals surface area contributed by atoms with Crippen LogP contribution < -0.4 is 0 Å². The summed E-state index contributed by atoms with van der Waals surface area (Å²) in [6.45, 7) is 6.09. The summed E-state index contributed by atoms with van der Waals surface area (Å²) >= 11 is 12.0. The zero-order chi connectivity index (χ0) is 17.2. The van der Waals surface area contributed by atoms with Gasteiger partial charge in [0.15, 0.2) is 5.78 Å². The molecule has 2 rings (SSSR count). The Labute approximate surface area is 146 Å². The van der Waals surface area contributed by atoms with E-state index in [2.05, 4.69) is 0 Å². The van der Waals surface area contributed by atoms with Crippen LogP contribution in [-0.2, 0) is 4.74 Å². The fraction of sp³-hybridized carbons (Fsp3) is 0.529. The van der Waals surface area contributed by atoms with Crippen LogP contribution in [0.5, 0.6) is 0 Å².